The van der Waals surface area contributed by atoms with Crippen molar-refractivity contribution in [1.82, 2.24) is 20.1 Å². The maximum Gasteiger partial charge on any atom is 0.221 e. The van der Waals surface area contributed by atoms with E-state index < -0.39 is 0 Å². The highest BCUT2D eigenvalue weighted by Crippen LogP contribution is 2.22. The molecule has 23 heavy (non-hydrogen) atoms. The highest BCUT2D eigenvalue weighted by atomic mass is 16.1. The molecule has 1 unspecified atom stereocenters. The third-order valence-corrected chi connectivity index (χ3v) is 4.26. The molecule has 1 N–H and O–H groups in total. The number of rotatable bonds is 6. The van der Waals surface area contributed by atoms with Gasteiger partial charge in [-0.05, 0) is 37.0 Å². The van der Waals surface area contributed by atoms with E-state index in [0.717, 1.165) is 26.1 Å². The van der Waals surface area contributed by atoms with E-state index in [0.29, 0.717) is 18.9 Å². The van der Waals surface area contributed by atoms with Gasteiger partial charge in [-0.3, -0.25) is 14.5 Å². The van der Waals surface area contributed by atoms with E-state index in [4.69, 9.17) is 0 Å². The van der Waals surface area contributed by atoms with Crippen LogP contribution in [-0.2, 0) is 11.3 Å². The van der Waals surface area contributed by atoms with Crippen LogP contribution in [0.2, 0.25) is 0 Å². The highest BCUT2D eigenvalue weighted by Gasteiger charge is 2.20. The number of hydrogen-bond acceptors (Lipinski definition) is 4. The summed E-state index contributed by atoms with van der Waals surface area (Å²) in [4.78, 5) is 18.4. The first-order valence-electron chi connectivity index (χ1n) is 8.20. The number of aromatic nitrogens is 3. The largest absolute Gasteiger partial charge is 0.371 e. The second-order valence-electron chi connectivity index (χ2n) is 5.98. The molecule has 0 spiro atoms. The van der Waals surface area contributed by atoms with E-state index in [2.05, 4.69) is 20.3 Å². The average molecular weight is 313 g/mol. The van der Waals surface area contributed by atoms with Crippen molar-refractivity contribution in [2.75, 3.05) is 24.5 Å². The van der Waals surface area contributed by atoms with E-state index >= 15 is 0 Å². The molecule has 2 aromatic rings. The van der Waals surface area contributed by atoms with Crippen molar-refractivity contribution in [2.45, 2.75) is 25.8 Å². The first kappa shape index (κ1) is 15.5. The SMILES string of the molecule is O=C(CCn1cccn1)NCC1CCCN(c2ccncc2)C1. The highest BCUT2D eigenvalue weighted by molar-refractivity contribution is 5.75. The number of piperidine rings is 1. The Morgan fingerprint density at radius 3 is 2.96 bits per heavy atom. The molecule has 3 heterocycles. The molecule has 0 bridgehead atoms. The molecule has 1 aliphatic rings. The van der Waals surface area contributed by atoms with Crippen molar-refractivity contribution >= 4 is 11.6 Å². The van der Waals surface area contributed by atoms with Gasteiger partial charge in [-0.2, -0.15) is 5.10 Å². The summed E-state index contributed by atoms with van der Waals surface area (Å²) in [5.41, 5.74) is 1.22. The lowest BCUT2D eigenvalue weighted by atomic mass is 9.97. The monoisotopic (exact) mass is 313 g/mol. The lowest BCUT2D eigenvalue weighted by Crippen LogP contribution is -2.41. The van der Waals surface area contributed by atoms with Crippen LogP contribution >= 0.6 is 0 Å². The Kier molecular flexibility index (Phi) is 5.24. The smallest absolute Gasteiger partial charge is 0.221 e. The van der Waals surface area contributed by atoms with Crippen molar-refractivity contribution < 1.29 is 4.79 Å². The molecule has 1 saturated heterocycles. The Morgan fingerprint density at radius 2 is 2.17 bits per heavy atom. The summed E-state index contributed by atoms with van der Waals surface area (Å²) in [6.45, 7) is 3.45. The summed E-state index contributed by atoms with van der Waals surface area (Å²) in [5.74, 6) is 0.604. The first-order valence-corrected chi connectivity index (χ1v) is 8.20. The zero-order valence-electron chi connectivity index (χ0n) is 13.3. The maximum atomic E-state index is 12.0. The van der Waals surface area contributed by atoms with Gasteiger partial charge in [0.1, 0.15) is 0 Å². The van der Waals surface area contributed by atoms with Crippen LogP contribution in [0.4, 0.5) is 5.69 Å². The molecule has 1 aliphatic heterocycles. The molecule has 6 heteroatoms. The normalized spacial score (nSPS) is 17.9. The number of anilines is 1. The maximum absolute atomic E-state index is 12.0. The number of aryl methyl sites for hydroxylation is 1. The molecule has 1 atom stereocenters. The molecule has 0 aliphatic carbocycles. The third kappa shape index (κ3) is 4.55. The molecule has 6 nitrogen and oxygen atoms in total. The lowest BCUT2D eigenvalue weighted by molar-refractivity contribution is -0.121. The number of hydrogen-bond donors (Lipinski definition) is 1. The third-order valence-electron chi connectivity index (χ3n) is 4.26. The van der Waals surface area contributed by atoms with Gasteiger partial charge in [-0.25, -0.2) is 0 Å². The summed E-state index contributed by atoms with van der Waals surface area (Å²) in [5, 5.41) is 7.17. The van der Waals surface area contributed by atoms with Crippen molar-refractivity contribution in [3.8, 4) is 0 Å². The standard InChI is InChI=1S/C17H23N5O/c23-17(6-12-22-11-2-7-20-22)19-13-15-3-1-10-21(14-15)16-4-8-18-9-5-16/h2,4-5,7-9,11,15H,1,3,6,10,12-14H2,(H,19,23). The molecule has 122 valence electrons. The zero-order valence-corrected chi connectivity index (χ0v) is 13.3. The van der Waals surface area contributed by atoms with Crippen LogP contribution in [0.1, 0.15) is 19.3 Å². The second-order valence-corrected chi connectivity index (χ2v) is 5.98. The van der Waals surface area contributed by atoms with Crippen molar-refractivity contribution in [2.24, 2.45) is 5.92 Å². The van der Waals surface area contributed by atoms with Gasteiger partial charge in [0.2, 0.25) is 5.91 Å². The summed E-state index contributed by atoms with van der Waals surface area (Å²) in [6, 6.07) is 5.96. The van der Waals surface area contributed by atoms with Gasteiger partial charge < -0.3 is 10.2 Å². The summed E-state index contributed by atoms with van der Waals surface area (Å²) in [6.07, 6.45) is 10.1. The van der Waals surface area contributed by atoms with Crippen molar-refractivity contribution in [3.05, 3.63) is 43.0 Å². The van der Waals surface area contributed by atoms with Crippen LogP contribution in [0.25, 0.3) is 0 Å². The van der Waals surface area contributed by atoms with Crippen LogP contribution < -0.4 is 10.2 Å². The molecule has 1 fully saturated rings. The molecular formula is C17H23N5O. The Labute approximate surface area is 136 Å². The van der Waals surface area contributed by atoms with Crippen LogP contribution in [0.5, 0.6) is 0 Å². The predicted molar refractivity (Wildman–Crippen MR) is 89.0 cm³/mol. The Morgan fingerprint density at radius 1 is 1.30 bits per heavy atom. The summed E-state index contributed by atoms with van der Waals surface area (Å²) in [7, 11) is 0. The molecule has 0 radical (unpaired) electrons. The molecule has 2 aromatic heterocycles. The van der Waals surface area contributed by atoms with Gasteiger partial charge in [-0.15, -0.1) is 0 Å². The van der Waals surface area contributed by atoms with E-state index in [-0.39, 0.29) is 5.91 Å². The predicted octanol–water partition coefficient (Wildman–Crippen LogP) is 1.70. The van der Waals surface area contributed by atoms with Crippen LogP contribution in [0.15, 0.2) is 43.0 Å². The Bertz CT molecular complexity index is 599. The number of nitrogens with one attached hydrogen (secondary N) is 1. The minimum atomic E-state index is 0.0986. The van der Waals surface area contributed by atoms with Crippen LogP contribution in [0.3, 0.4) is 0 Å². The summed E-state index contributed by atoms with van der Waals surface area (Å²) >= 11 is 0. The van der Waals surface area contributed by atoms with Gasteiger partial charge >= 0.3 is 0 Å². The average Bonchev–Trinajstić information content (AvgIpc) is 3.13. The molecule has 0 saturated carbocycles. The zero-order chi connectivity index (χ0) is 15.9. The van der Waals surface area contributed by atoms with E-state index in [1.54, 1.807) is 10.9 Å². The first-order chi connectivity index (χ1) is 11.3. The van der Waals surface area contributed by atoms with Crippen LogP contribution in [-0.4, -0.2) is 40.3 Å². The Balaban J connectivity index is 1.42. The van der Waals surface area contributed by atoms with E-state index in [1.165, 1.54) is 12.1 Å². The van der Waals surface area contributed by atoms with Gasteiger partial charge in [-0.1, -0.05) is 0 Å². The lowest BCUT2D eigenvalue weighted by Gasteiger charge is -2.34. The van der Waals surface area contributed by atoms with Crippen molar-refractivity contribution in [3.63, 3.8) is 0 Å². The van der Waals surface area contributed by atoms with Crippen LogP contribution in [0, 0.1) is 5.92 Å². The van der Waals surface area contributed by atoms with Gasteiger partial charge in [0, 0.05) is 63.1 Å². The molecule has 3 rings (SSSR count). The van der Waals surface area contributed by atoms with E-state index in [9.17, 15) is 4.79 Å². The molecular weight excluding hydrogens is 290 g/mol. The second kappa shape index (κ2) is 7.76. The fourth-order valence-corrected chi connectivity index (χ4v) is 3.02. The van der Waals surface area contributed by atoms with E-state index in [1.807, 2.05) is 36.8 Å². The topological polar surface area (TPSA) is 63.1 Å². The fourth-order valence-electron chi connectivity index (χ4n) is 3.02. The minimum absolute atomic E-state index is 0.0986. The quantitative estimate of drug-likeness (QED) is 0.882. The number of carbonyl (C=O) groups is 1. The number of pyridine rings is 1. The van der Waals surface area contributed by atoms with Gasteiger partial charge in [0.05, 0.1) is 0 Å². The van der Waals surface area contributed by atoms with Gasteiger partial charge in [0.25, 0.3) is 0 Å². The fraction of sp³-hybridized carbons (Fsp3) is 0.471. The number of nitrogens with zero attached hydrogens (tertiary/aromatic N) is 4. The van der Waals surface area contributed by atoms with Crippen molar-refractivity contribution in [1.29, 1.82) is 0 Å². The Hall–Kier alpha value is -2.37. The van der Waals surface area contributed by atoms with Gasteiger partial charge in [0.15, 0.2) is 0 Å². The molecule has 1 amide bonds. The summed E-state index contributed by atoms with van der Waals surface area (Å²) < 4.78 is 1.78. The number of amides is 1. The number of carbonyl (C=O) groups excluding carboxylic acids is 1. The minimum Gasteiger partial charge on any atom is -0.371 e. The molecule has 0 aromatic carbocycles.